The minimum absolute atomic E-state index is 0.0207. The van der Waals surface area contributed by atoms with Crippen molar-refractivity contribution in [2.45, 2.75) is 63.1 Å². The first-order valence-electron chi connectivity index (χ1n) is 12.6. The van der Waals surface area contributed by atoms with E-state index in [9.17, 15) is 26.3 Å². The van der Waals surface area contributed by atoms with Crippen LogP contribution < -0.4 is 5.32 Å². The Bertz CT molecular complexity index is 929. The fourth-order valence-corrected chi connectivity index (χ4v) is 5.47. The second-order valence-corrected chi connectivity index (χ2v) is 9.84. The summed E-state index contributed by atoms with van der Waals surface area (Å²) in [5.41, 5.74) is -1.53. The molecule has 1 aliphatic carbocycles. The van der Waals surface area contributed by atoms with Crippen LogP contribution in [0, 0.1) is 0 Å². The van der Waals surface area contributed by atoms with Crippen LogP contribution in [-0.2, 0) is 18.9 Å². The molecule has 1 unspecified atom stereocenters. The molecule has 1 aliphatic heterocycles. The number of nitrogens with one attached hydrogen (secondary N) is 1. The summed E-state index contributed by atoms with van der Waals surface area (Å²) in [7, 11) is 0. The largest absolute Gasteiger partial charge is 0.416 e. The van der Waals surface area contributed by atoms with Crippen LogP contribution in [0.1, 0.15) is 60.4 Å². The maximum atomic E-state index is 13.2. The molecule has 198 valence electrons. The van der Waals surface area contributed by atoms with Crippen LogP contribution in [0.25, 0.3) is 0 Å². The minimum Gasteiger partial charge on any atom is -0.311 e. The number of piperazine rings is 1. The van der Waals surface area contributed by atoms with Crippen LogP contribution in [0.4, 0.5) is 26.3 Å². The van der Waals surface area contributed by atoms with Gasteiger partial charge >= 0.3 is 12.4 Å². The first kappa shape index (κ1) is 26.9. The van der Waals surface area contributed by atoms with Gasteiger partial charge in [-0.3, -0.25) is 9.80 Å². The molecule has 0 aromatic heterocycles. The number of alkyl halides is 6. The maximum Gasteiger partial charge on any atom is 0.416 e. The van der Waals surface area contributed by atoms with Crippen molar-refractivity contribution in [2.24, 2.45) is 0 Å². The standard InChI is InChI=1S/C27H33F6N3/c28-26(29,30)22-15-20(16-23(17-22)27(31,32)33)18-34-19-25(21-7-3-1-4-8-21)36-13-11-35(12-14-36)24-9-5-2-6-10-24/h1,3-4,7-8,15-17,24-25,34H,2,5-6,9-14,18-19H2. The molecule has 1 N–H and O–H groups in total. The Labute approximate surface area is 208 Å². The third kappa shape index (κ3) is 7.01. The van der Waals surface area contributed by atoms with E-state index in [0.717, 1.165) is 43.9 Å². The fourth-order valence-electron chi connectivity index (χ4n) is 5.47. The van der Waals surface area contributed by atoms with Gasteiger partial charge in [0.2, 0.25) is 0 Å². The van der Waals surface area contributed by atoms with E-state index in [1.165, 1.54) is 32.1 Å². The van der Waals surface area contributed by atoms with Gasteiger partial charge in [0.25, 0.3) is 0 Å². The highest BCUT2D eigenvalue weighted by Gasteiger charge is 2.37. The summed E-state index contributed by atoms with van der Waals surface area (Å²) in [5, 5.41) is 3.14. The average molecular weight is 514 g/mol. The van der Waals surface area contributed by atoms with E-state index < -0.39 is 23.5 Å². The number of benzene rings is 2. The van der Waals surface area contributed by atoms with Crippen molar-refractivity contribution in [1.82, 2.24) is 15.1 Å². The van der Waals surface area contributed by atoms with Crippen LogP contribution in [0.3, 0.4) is 0 Å². The molecule has 4 rings (SSSR count). The van der Waals surface area contributed by atoms with Gasteiger partial charge in [-0.15, -0.1) is 0 Å². The quantitative estimate of drug-likeness (QED) is 0.426. The van der Waals surface area contributed by atoms with Gasteiger partial charge in [-0.1, -0.05) is 49.6 Å². The van der Waals surface area contributed by atoms with Crippen molar-refractivity contribution in [2.75, 3.05) is 32.7 Å². The van der Waals surface area contributed by atoms with Gasteiger partial charge in [0.1, 0.15) is 0 Å². The Morgan fingerprint density at radius 3 is 1.92 bits per heavy atom. The Kier molecular flexibility index (Phi) is 8.63. The van der Waals surface area contributed by atoms with E-state index in [1.54, 1.807) is 0 Å². The second kappa shape index (κ2) is 11.5. The van der Waals surface area contributed by atoms with Gasteiger partial charge in [-0.05, 0) is 42.2 Å². The zero-order valence-electron chi connectivity index (χ0n) is 20.2. The molecular formula is C27H33F6N3. The monoisotopic (exact) mass is 513 g/mol. The lowest BCUT2D eigenvalue weighted by atomic mass is 9.93. The van der Waals surface area contributed by atoms with Crippen molar-refractivity contribution in [3.8, 4) is 0 Å². The molecular weight excluding hydrogens is 480 g/mol. The summed E-state index contributed by atoms with van der Waals surface area (Å²) >= 11 is 0. The van der Waals surface area contributed by atoms with Gasteiger partial charge in [0, 0.05) is 51.4 Å². The van der Waals surface area contributed by atoms with Crippen molar-refractivity contribution in [3.05, 3.63) is 70.8 Å². The molecule has 0 spiro atoms. The lowest BCUT2D eigenvalue weighted by Crippen LogP contribution is -2.52. The Morgan fingerprint density at radius 1 is 0.778 bits per heavy atom. The third-order valence-corrected chi connectivity index (χ3v) is 7.38. The Morgan fingerprint density at radius 2 is 1.36 bits per heavy atom. The van der Waals surface area contributed by atoms with Gasteiger partial charge < -0.3 is 5.32 Å². The van der Waals surface area contributed by atoms with E-state index in [-0.39, 0.29) is 24.2 Å². The maximum absolute atomic E-state index is 13.2. The molecule has 1 saturated heterocycles. The van der Waals surface area contributed by atoms with Crippen LogP contribution in [0.5, 0.6) is 0 Å². The summed E-state index contributed by atoms with van der Waals surface area (Å²) < 4.78 is 79.3. The Hall–Kier alpha value is -2.10. The number of rotatable bonds is 7. The second-order valence-electron chi connectivity index (χ2n) is 9.84. The smallest absolute Gasteiger partial charge is 0.311 e. The number of halogens is 6. The number of nitrogens with zero attached hydrogens (tertiary/aromatic N) is 2. The highest BCUT2D eigenvalue weighted by Crippen LogP contribution is 2.36. The molecule has 2 aromatic carbocycles. The van der Waals surface area contributed by atoms with Crippen LogP contribution in [-0.4, -0.2) is 48.6 Å². The van der Waals surface area contributed by atoms with E-state index in [0.29, 0.717) is 12.6 Å². The summed E-state index contributed by atoms with van der Waals surface area (Å²) in [6.07, 6.45) is -3.31. The summed E-state index contributed by atoms with van der Waals surface area (Å²) in [4.78, 5) is 4.95. The van der Waals surface area contributed by atoms with E-state index in [2.05, 4.69) is 15.1 Å². The van der Waals surface area contributed by atoms with Crippen molar-refractivity contribution < 1.29 is 26.3 Å². The summed E-state index contributed by atoms with van der Waals surface area (Å²) in [5.74, 6) is 0. The van der Waals surface area contributed by atoms with Crippen molar-refractivity contribution in [1.29, 1.82) is 0 Å². The molecule has 3 nitrogen and oxygen atoms in total. The van der Waals surface area contributed by atoms with Gasteiger partial charge in [-0.2, -0.15) is 26.3 Å². The first-order chi connectivity index (χ1) is 17.1. The highest BCUT2D eigenvalue weighted by molar-refractivity contribution is 5.33. The number of hydrogen-bond acceptors (Lipinski definition) is 3. The molecule has 1 atom stereocenters. The van der Waals surface area contributed by atoms with Crippen molar-refractivity contribution in [3.63, 3.8) is 0 Å². The molecule has 9 heteroatoms. The van der Waals surface area contributed by atoms with Gasteiger partial charge in [0.05, 0.1) is 11.1 Å². The number of hydrogen-bond donors (Lipinski definition) is 1. The average Bonchev–Trinajstić information content (AvgIpc) is 2.87. The highest BCUT2D eigenvalue weighted by atomic mass is 19.4. The van der Waals surface area contributed by atoms with Crippen LogP contribution in [0.2, 0.25) is 0 Å². The third-order valence-electron chi connectivity index (χ3n) is 7.38. The lowest BCUT2D eigenvalue weighted by molar-refractivity contribution is -0.143. The molecule has 36 heavy (non-hydrogen) atoms. The molecule has 0 bridgehead atoms. The van der Waals surface area contributed by atoms with E-state index >= 15 is 0 Å². The minimum atomic E-state index is -4.85. The Balaban J connectivity index is 1.43. The first-order valence-corrected chi connectivity index (χ1v) is 12.6. The van der Waals surface area contributed by atoms with E-state index in [4.69, 9.17) is 0 Å². The zero-order chi connectivity index (χ0) is 25.8. The predicted octanol–water partition coefficient (Wildman–Crippen LogP) is 6.51. The SMILES string of the molecule is FC(F)(F)c1cc(CNCC(c2ccccc2)N2CCN(C3CCCCC3)CC2)cc(C(F)(F)F)c1. The van der Waals surface area contributed by atoms with Crippen molar-refractivity contribution >= 4 is 0 Å². The molecule has 0 radical (unpaired) electrons. The molecule has 1 heterocycles. The molecule has 2 aromatic rings. The van der Waals surface area contributed by atoms with Crippen LogP contribution >= 0.6 is 0 Å². The predicted molar refractivity (Wildman–Crippen MR) is 127 cm³/mol. The van der Waals surface area contributed by atoms with Gasteiger partial charge in [-0.25, -0.2) is 0 Å². The molecule has 0 amide bonds. The van der Waals surface area contributed by atoms with Gasteiger partial charge in [0.15, 0.2) is 0 Å². The molecule has 1 saturated carbocycles. The molecule has 2 fully saturated rings. The summed E-state index contributed by atoms with van der Waals surface area (Å²) in [6.45, 7) is 4.02. The molecule has 2 aliphatic rings. The zero-order valence-corrected chi connectivity index (χ0v) is 20.2. The van der Waals surface area contributed by atoms with E-state index in [1.807, 2.05) is 30.3 Å². The van der Waals surface area contributed by atoms with Crippen LogP contribution in [0.15, 0.2) is 48.5 Å². The topological polar surface area (TPSA) is 18.5 Å². The normalized spacial score (nSPS) is 19.9. The summed E-state index contributed by atoms with van der Waals surface area (Å²) in [6, 6.07) is 12.2. The lowest BCUT2D eigenvalue weighted by Gasteiger charge is -2.43. The fraction of sp³-hybridized carbons (Fsp3) is 0.556.